The zero-order valence-electron chi connectivity index (χ0n) is 33.7. The lowest BCUT2D eigenvalue weighted by Crippen LogP contribution is -2.53. The predicted molar refractivity (Wildman–Crippen MR) is 237 cm³/mol. The highest BCUT2D eigenvalue weighted by Crippen LogP contribution is 2.42. The number of carbonyl (C=O) groups excluding carboxylic acids is 2. The second kappa shape index (κ2) is 17.2. The number of aromatic nitrogens is 4. The number of para-hydroxylation sites is 1. The molecule has 5 aromatic rings. The molecule has 0 spiro atoms. The van der Waals surface area contributed by atoms with Crippen molar-refractivity contribution in [2.75, 3.05) is 86.7 Å². The van der Waals surface area contributed by atoms with Crippen LogP contribution in [0.4, 0.5) is 39.3 Å². The van der Waals surface area contributed by atoms with Crippen LogP contribution in [0.3, 0.4) is 0 Å². The summed E-state index contributed by atoms with van der Waals surface area (Å²) in [5.41, 5.74) is 6.91. The molecule has 0 saturated carbocycles. The van der Waals surface area contributed by atoms with Gasteiger partial charge in [0, 0.05) is 101 Å². The summed E-state index contributed by atoms with van der Waals surface area (Å²) < 4.78 is 20.0. The number of nitrogens with one attached hydrogen (secondary N) is 3. The van der Waals surface area contributed by atoms with Gasteiger partial charge in [-0.3, -0.25) is 34.8 Å². The third-order valence-electron chi connectivity index (χ3n) is 11.4. The van der Waals surface area contributed by atoms with E-state index in [1.54, 1.807) is 43.9 Å². The van der Waals surface area contributed by atoms with Crippen molar-refractivity contribution >= 4 is 85.9 Å². The first-order valence-electron chi connectivity index (χ1n) is 19.9. The normalized spacial score (nSPS) is 17.3. The molecule has 3 aliphatic rings. The van der Waals surface area contributed by atoms with Crippen molar-refractivity contribution < 1.29 is 18.9 Å². The number of piperidine rings is 1. The number of piperazine rings is 1. The molecular weight excluding hydrogens is 833 g/mol. The molecule has 3 N–H and O–H groups in total. The third kappa shape index (κ3) is 8.91. The summed E-state index contributed by atoms with van der Waals surface area (Å²) in [6.45, 7) is 12.6. The van der Waals surface area contributed by atoms with Crippen molar-refractivity contribution in [2.45, 2.75) is 38.8 Å². The summed E-state index contributed by atoms with van der Waals surface area (Å²) in [5, 5.41) is 9.80. The van der Waals surface area contributed by atoms with E-state index in [9.17, 15) is 14.2 Å². The van der Waals surface area contributed by atoms with Gasteiger partial charge in [0.25, 0.3) is 0 Å². The van der Waals surface area contributed by atoms with Crippen LogP contribution < -0.4 is 35.8 Å². The lowest BCUT2D eigenvalue weighted by molar-refractivity contribution is -0.120. The molecule has 17 heteroatoms. The molecule has 0 atom stereocenters. The minimum atomic E-state index is -2.77. The SMILES string of the molecule is COc1cc(N2CCC(N3CCN(Cc4ccccc4N4CCC(=O)NC4=O)CC3)CC2)c(C)cc1Nc1ncc(Br)c(Nc2ccc3nccnc3c2P(C)(C)=O)n1. The van der Waals surface area contributed by atoms with Crippen LogP contribution in [0.25, 0.3) is 11.0 Å². The number of benzene rings is 3. The molecule has 5 heterocycles. The van der Waals surface area contributed by atoms with E-state index in [0.29, 0.717) is 63.0 Å². The Morgan fingerprint density at radius 1 is 0.898 bits per heavy atom. The summed E-state index contributed by atoms with van der Waals surface area (Å²) in [7, 11) is -1.10. The molecule has 3 aromatic carbocycles. The number of imide groups is 1. The molecule has 3 amide bonds. The van der Waals surface area contributed by atoms with Gasteiger partial charge in [0.2, 0.25) is 11.9 Å². The summed E-state index contributed by atoms with van der Waals surface area (Å²) >= 11 is 3.59. The molecule has 15 nitrogen and oxygen atoms in total. The predicted octanol–water partition coefficient (Wildman–Crippen LogP) is 6.47. The van der Waals surface area contributed by atoms with Gasteiger partial charge in [-0.05, 0) is 84.4 Å². The number of fused-ring (bicyclic) bond motifs is 1. The van der Waals surface area contributed by atoms with Crippen LogP contribution in [0, 0.1) is 6.92 Å². The first-order chi connectivity index (χ1) is 28.4. The standard InChI is InChI=1S/C42H49BrN11O4P/c1-27-23-33(48-41-46-25-30(43)40(50-41)47-32-10-9-31-38(45-15-14-44-31)39(32)59(3,4)57)36(58-2)24-35(27)53-16-11-29(12-17-53)52-21-19-51(20-22-52)26-28-7-5-6-8-34(28)54-18-13-37(55)49-42(54)56/h5-10,14-15,23-25,29H,11-13,16-22,26H2,1-4H3,(H,49,55,56)(H2,46,47,48,50). The highest BCUT2D eigenvalue weighted by molar-refractivity contribution is 9.10. The maximum atomic E-state index is 13.5. The van der Waals surface area contributed by atoms with Gasteiger partial charge in [-0.15, -0.1) is 0 Å². The topological polar surface area (TPSA) is 161 Å². The largest absolute Gasteiger partial charge is 0.494 e. The minimum Gasteiger partial charge on any atom is -0.494 e. The second-order valence-corrected chi connectivity index (χ2v) is 19.6. The Bertz CT molecular complexity index is 2430. The van der Waals surface area contributed by atoms with Crippen LogP contribution in [-0.4, -0.2) is 114 Å². The summed E-state index contributed by atoms with van der Waals surface area (Å²) in [6, 6.07) is 16.1. The Morgan fingerprint density at radius 2 is 1.66 bits per heavy atom. The lowest BCUT2D eigenvalue weighted by atomic mass is 10.00. The average Bonchev–Trinajstić information content (AvgIpc) is 3.22. The Hall–Kier alpha value is -5.15. The van der Waals surface area contributed by atoms with Gasteiger partial charge in [-0.25, -0.2) is 9.78 Å². The summed E-state index contributed by atoms with van der Waals surface area (Å²) in [5.74, 6) is 1.34. The van der Waals surface area contributed by atoms with Crippen LogP contribution in [0.2, 0.25) is 0 Å². The van der Waals surface area contributed by atoms with E-state index >= 15 is 0 Å². The molecule has 0 aliphatic carbocycles. The van der Waals surface area contributed by atoms with Crippen molar-refractivity contribution in [3.05, 3.63) is 82.7 Å². The van der Waals surface area contributed by atoms with E-state index in [0.717, 1.165) is 86.8 Å². The van der Waals surface area contributed by atoms with E-state index in [-0.39, 0.29) is 11.9 Å². The molecule has 8 rings (SSSR count). The number of hydrogen-bond donors (Lipinski definition) is 3. The van der Waals surface area contributed by atoms with Crippen LogP contribution in [0.5, 0.6) is 5.75 Å². The number of aryl methyl sites for hydroxylation is 1. The number of ether oxygens (including phenoxy) is 1. The van der Waals surface area contributed by atoms with Crippen LogP contribution >= 0.6 is 23.1 Å². The van der Waals surface area contributed by atoms with Crippen molar-refractivity contribution in [3.8, 4) is 5.75 Å². The first-order valence-corrected chi connectivity index (χ1v) is 23.3. The maximum absolute atomic E-state index is 13.5. The van der Waals surface area contributed by atoms with Crippen molar-refractivity contribution in [1.82, 2.24) is 35.1 Å². The van der Waals surface area contributed by atoms with Gasteiger partial charge in [0.1, 0.15) is 24.2 Å². The fourth-order valence-corrected chi connectivity index (χ4v) is 10.1. The molecular formula is C42H49BrN11O4P. The fourth-order valence-electron chi connectivity index (χ4n) is 8.42. The molecule has 0 bridgehead atoms. The molecule has 0 radical (unpaired) electrons. The Kier molecular flexibility index (Phi) is 11.9. The smallest absolute Gasteiger partial charge is 0.328 e. The minimum absolute atomic E-state index is 0.222. The Labute approximate surface area is 352 Å². The van der Waals surface area contributed by atoms with Crippen LogP contribution in [0.15, 0.2) is 71.6 Å². The summed E-state index contributed by atoms with van der Waals surface area (Å²) in [4.78, 5) is 51.8. The average molecular weight is 883 g/mol. The molecule has 3 fully saturated rings. The van der Waals surface area contributed by atoms with Gasteiger partial charge in [0.05, 0.1) is 33.8 Å². The molecule has 308 valence electrons. The van der Waals surface area contributed by atoms with Crippen LogP contribution in [-0.2, 0) is 15.9 Å². The molecule has 2 aromatic heterocycles. The van der Waals surface area contributed by atoms with E-state index in [1.807, 2.05) is 30.3 Å². The van der Waals surface area contributed by atoms with Crippen LogP contribution in [0.1, 0.15) is 30.4 Å². The van der Waals surface area contributed by atoms with Crippen molar-refractivity contribution in [3.63, 3.8) is 0 Å². The number of nitrogens with zero attached hydrogens (tertiary/aromatic N) is 8. The van der Waals surface area contributed by atoms with Gasteiger partial charge in [-0.2, -0.15) is 4.98 Å². The van der Waals surface area contributed by atoms with Crippen molar-refractivity contribution in [2.24, 2.45) is 0 Å². The second-order valence-electron chi connectivity index (χ2n) is 15.6. The number of urea groups is 1. The highest BCUT2D eigenvalue weighted by Gasteiger charge is 2.30. The molecule has 59 heavy (non-hydrogen) atoms. The van der Waals surface area contributed by atoms with E-state index in [4.69, 9.17) is 9.72 Å². The number of anilines is 6. The molecule has 3 saturated heterocycles. The first kappa shape index (κ1) is 40.6. The number of halogens is 1. The van der Waals surface area contributed by atoms with Gasteiger partial charge in [-0.1, -0.05) is 18.2 Å². The third-order valence-corrected chi connectivity index (χ3v) is 13.5. The number of carbonyl (C=O) groups is 2. The quantitative estimate of drug-likeness (QED) is 0.124. The van der Waals surface area contributed by atoms with Gasteiger partial charge in [0.15, 0.2) is 0 Å². The van der Waals surface area contributed by atoms with E-state index < -0.39 is 7.14 Å². The monoisotopic (exact) mass is 881 g/mol. The maximum Gasteiger partial charge on any atom is 0.328 e. The zero-order chi connectivity index (χ0) is 41.3. The number of methoxy groups -OCH3 is 1. The number of hydrogen-bond acceptors (Lipinski definition) is 13. The number of amides is 3. The van der Waals surface area contributed by atoms with Crippen molar-refractivity contribution in [1.29, 1.82) is 0 Å². The van der Waals surface area contributed by atoms with Gasteiger partial charge >= 0.3 is 6.03 Å². The summed E-state index contributed by atoms with van der Waals surface area (Å²) in [6.07, 6.45) is 7.37. The van der Waals surface area contributed by atoms with E-state index in [2.05, 4.69) is 86.7 Å². The van der Waals surface area contributed by atoms with E-state index in [1.165, 1.54) is 0 Å². The zero-order valence-corrected chi connectivity index (χ0v) is 36.2. The fraction of sp³-hybridized carbons (Fsp3) is 0.381. The Morgan fingerprint density at radius 3 is 2.41 bits per heavy atom. The molecule has 3 aliphatic heterocycles. The lowest BCUT2D eigenvalue weighted by Gasteiger charge is -2.43. The Balaban J connectivity index is 0.889. The number of rotatable bonds is 11. The highest BCUT2D eigenvalue weighted by atomic mass is 79.9. The molecule has 0 unspecified atom stereocenters. The van der Waals surface area contributed by atoms with Gasteiger partial charge < -0.3 is 24.8 Å².